The van der Waals surface area contributed by atoms with Crippen LogP contribution in [-0.2, 0) is 16.0 Å². The molecule has 1 atom stereocenters. The molecule has 5 heteroatoms. The Kier molecular flexibility index (Phi) is 4.49. The Labute approximate surface area is 111 Å². The van der Waals surface area contributed by atoms with Crippen molar-refractivity contribution in [2.24, 2.45) is 0 Å². The highest BCUT2D eigenvalue weighted by molar-refractivity contribution is 7.10. The summed E-state index contributed by atoms with van der Waals surface area (Å²) in [6.07, 6.45) is 2.25. The zero-order valence-corrected chi connectivity index (χ0v) is 11.3. The van der Waals surface area contributed by atoms with Gasteiger partial charge in [-0.05, 0) is 30.8 Å². The molecule has 0 aromatic carbocycles. The fraction of sp³-hybridized carbons (Fsp3) is 0.538. The van der Waals surface area contributed by atoms with Crippen LogP contribution in [0.25, 0.3) is 0 Å². The molecule has 1 aliphatic rings. The van der Waals surface area contributed by atoms with Gasteiger partial charge in [0.05, 0.1) is 12.5 Å². The molecular weight excluding hydrogens is 248 g/mol. The van der Waals surface area contributed by atoms with Crippen molar-refractivity contribution < 1.29 is 9.59 Å². The van der Waals surface area contributed by atoms with Crippen LogP contribution in [0, 0.1) is 0 Å². The Morgan fingerprint density at radius 1 is 1.56 bits per heavy atom. The molecule has 18 heavy (non-hydrogen) atoms. The second-order valence-corrected chi connectivity index (χ2v) is 5.57. The first-order chi connectivity index (χ1) is 8.68. The molecule has 1 unspecified atom stereocenters. The molecule has 0 aliphatic carbocycles. The van der Waals surface area contributed by atoms with Gasteiger partial charge in [0.25, 0.3) is 0 Å². The van der Waals surface area contributed by atoms with E-state index in [9.17, 15) is 9.59 Å². The molecule has 0 radical (unpaired) electrons. The molecule has 98 valence electrons. The molecule has 0 saturated carbocycles. The Balaban J connectivity index is 2.04. The van der Waals surface area contributed by atoms with Gasteiger partial charge in [0.1, 0.15) is 0 Å². The van der Waals surface area contributed by atoms with Crippen LogP contribution in [0.4, 0.5) is 0 Å². The average molecular weight is 266 g/mol. The standard InChI is InChI=1S/C13H18N2O2S/c1-10(16)15(11-4-2-6-14-9-11)13(17)8-12-5-3-7-18-12/h3,5,7,11,14H,2,4,6,8-9H2,1H3. The molecular formula is C13H18N2O2S. The lowest BCUT2D eigenvalue weighted by molar-refractivity contribution is -0.146. The van der Waals surface area contributed by atoms with Crippen molar-refractivity contribution in [1.82, 2.24) is 10.2 Å². The summed E-state index contributed by atoms with van der Waals surface area (Å²) in [6.45, 7) is 3.16. The minimum Gasteiger partial charge on any atom is -0.315 e. The molecule has 4 nitrogen and oxygen atoms in total. The highest BCUT2D eigenvalue weighted by Gasteiger charge is 2.28. The van der Waals surface area contributed by atoms with Gasteiger partial charge in [0.2, 0.25) is 11.8 Å². The summed E-state index contributed by atoms with van der Waals surface area (Å²) in [4.78, 5) is 26.4. The van der Waals surface area contributed by atoms with Gasteiger partial charge >= 0.3 is 0 Å². The van der Waals surface area contributed by atoms with Gasteiger partial charge in [-0.25, -0.2) is 0 Å². The summed E-state index contributed by atoms with van der Waals surface area (Å²) in [5.41, 5.74) is 0. The number of carbonyl (C=O) groups excluding carboxylic acids is 2. The number of amides is 2. The van der Waals surface area contributed by atoms with E-state index in [1.807, 2.05) is 17.5 Å². The number of hydrogen-bond donors (Lipinski definition) is 1. The second-order valence-electron chi connectivity index (χ2n) is 4.54. The van der Waals surface area contributed by atoms with E-state index in [0.29, 0.717) is 6.42 Å². The van der Waals surface area contributed by atoms with Crippen molar-refractivity contribution in [2.45, 2.75) is 32.2 Å². The number of thiophene rings is 1. The van der Waals surface area contributed by atoms with Crippen LogP contribution < -0.4 is 5.32 Å². The fourth-order valence-corrected chi connectivity index (χ4v) is 3.03. The zero-order chi connectivity index (χ0) is 13.0. The molecule has 1 saturated heterocycles. The monoisotopic (exact) mass is 266 g/mol. The summed E-state index contributed by atoms with van der Waals surface area (Å²) in [5.74, 6) is -0.232. The topological polar surface area (TPSA) is 49.4 Å². The van der Waals surface area contributed by atoms with E-state index in [4.69, 9.17) is 0 Å². The summed E-state index contributed by atoms with van der Waals surface area (Å²) in [7, 11) is 0. The predicted octanol–water partition coefficient (Wildman–Crippen LogP) is 1.42. The molecule has 1 fully saturated rings. The lowest BCUT2D eigenvalue weighted by Crippen LogP contribution is -2.51. The van der Waals surface area contributed by atoms with Crippen molar-refractivity contribution in [3.63, 3.8) is 0 Å². The van der Waals surface area contributed by atoms with Crippen molar-refractivity contribution in [3.05, 3.63) is 22.4 Å². The van der Waals surface area contributed by atoms with Crippen LogP contribution in [0.1, 0.15) is 24.6 Å². The number of imide groups is 1. The molecule has 1 aromatic heterocycles. The summed E-state index contributed by atoms with van der Waals surface area (Å²) >= 11 is 1.55. The largest absolute Gasteiger partial charge is 0.315 e. The third-order valence-electron chi connectivity index (χ3n) is 3.15. The van der Waals surface area contributed by atoms with Crippen molar-refractivity contribution in [1.29, 1.82) is 0 Å². The van der Waals surface area contributed by atoms with Crippen molar-refractivity contribution in [3.8, 4) is 0 Å². The lowest BCUT2D eigenvalue weighted by Gasteiger charge is -2.32. The van der Waals surface area contributed by atoms with Gasteiger partial charge in [-0.1, -0.05) is 6.07 Å². The highest BCUT2D eigenvalue weighted by Crippen LogP contribution is 2.15. The Morgan fingerprint density at radius 2 is 2.39 bits per heavy atom. The number of nitrogens with zero attached hydrogens (tertiary/aromatic N) is 1. The minimum atomic E-state index is -0.148. The second kappa shape index (κ2) is 6.11. The SMILES string of the molecule is CC(=O)N(C(=O)Cc1cccs1)C1CCCNC1. The Morgan fingerprint density at radius 3 is 2.94 bits per heavy atom. The predicted molar refractivity (Wildman–Crippen MR) is 71.4 cm³/mol. The minimum absolute atomic E-state index is 0.0173. The maximum absolute atomic E-state index is 12.2. The van der Waals surface area contributed by atoms with Crippen molar-refractivity contribution in [2.75, 3.05) is 13.1 Å². The van der Waals surface area contributed by atoms with Gasteiger partial charge in [0, 0.05) is 18.3 Å². The lowest BCUT2D eigenvalue weighted by atomic mass is 10.1. The maximum Gasteiger partial charge on any atom is 0.234 e. The van der Waals surface area contributed by atoms with E-state index >= 15 is 0 Å². The normalized spacial score (nSPS) is 19.5. The first-order valence-corrected chi connectivity index (χ1v) is 7.12. The smallest absolute Gasteiger partial charge is 0.234 e. The zero-order valence-electron chi connectivity index (χ0n) is 10.5. The molecule has 2 amide bonds. The molecule has 1 aliphatic heterocycles. The first kappa shape index (κ1) is 13.2. The van der Waals surface area contributed by atoms with Gasteiger partial charge in [-0.2, -0.15) is 0 Å². The quantitative estimate of drug-likeness (QED) is 0.900. The van der Waals surface area contributed by atoms with Gasteiger partial charge in [-0.15, -0.1) is 11.3 Å². The molecule has 0 spiro atoms. The molecule has 2 rings (SSSR count). The molecule has 2 heterocycles. The van der Waals surface area contributed by atoms with Gasteiger partial charge < -0.3 is 5.32 Å². The number of rotatable bonds is 3. The van der Waals surface area contributed by atoms with Crippen LogP contribution in [0.15, 0.2) is 17.5 Å². The highest BCUT2D eigenvalue weighted by atomic mass is 32.1. The van der Waals surface area contributed by atoms with E-state index < -0.39 is 0 Å². The number of hydrogen-bond acceptors (Lipinski definition) is 4. The maximum atomic E-state index is 12.2. The Bertz CT molecular complexity index is 411. The molecule has 0 bridgehead atoms. The van der Waals surface area contributed by atoms with Crippen LogP contribution in [0.2, 0.25) is 0 Å². The van der Waals surface area contributed by atoms with Gasteiger partial charge in [0.15, 0.2) is 0 Å². The number of carbonyl (C=O) groups is 2. The first-order valence-electron chi connectivity index (χ1n) is 6.24. The number of nitrogens with one attached hydrogen (secondary N) is 1. The van der Waals surface area contributed by atoms with E-state index in [2.05, 4.69) is 5.32 Å². The van der Waals surface area contributed by atoms with Crippen LogP contribution in [-0.4, -0.2) is 35.8 Å². The van der Waals surface area contributed by atoms with Gasteiger partial charge in [-0.3, -0.25) is 14.5 Å². The summed E-state index contributed by atoms with van der Waals surface area (Å²) in [5, 5.41) is 5.19. The number of piperidine rings is 1. The average Bonchev–Trinajstić information content (AvgIpc) is 2.83. The summed E-state index contributed by atoms with van der Waals surface area (Å²) < 4.78 is 0. The summed E-state index contributed by atoms with van der Waals surface area (Å²) in [6, 6.07) is 3.87. The van der Waals surface area contributed by atoms with E-state index in [1.54, 1.807) is 11.3 Å². The Hall–Kier alpha value is -1.20. The fourth-order valence-electron chi connectivity index (χ4n) is 2.34. The van der Waals surface area contributed by atoms with Crippen molar-refractivity contribution >= 4 is 23.2 Å². The molecule has 1 aromatic rings. The van der Waals surface area contributed by atoms with Crippen LogP contribution in [0.3, 0.4) is 0 Å². The van der Waals surface area contributed by atoms with E-state index in [0.717, 1.165) is 30.8 Å². The molecule has 1 N–H and O–H groups in total. The van der Waals surface area contributed by atoms with Crippen LogP contribution in [0.5, 0.6) is 0 Å². The third kappa shape index (κ3) is 3.17. The van der Waals surface area contributed by atoms with Crippen LogP contribution >= 0.6 is 11.3 Å². The van der Waals surface area contributed by atoms with E-state index in [-0.39, 0.29) is 17.9 Å². The van der Waals surface area contributed by atoms with E-state index in [1.165, 1.54) is 11.8 Å². The third-order valence-corrected chi connectivity index (χ3v) is 4.03.